The number of carbonyl (C=O) groups excluding carboxylic acids is 1. The first-order valence-electron chi connectivity index (χ1n) is 5.64. The lowest BCUT2D eigenvalue weighted by molar-refractivity contribution is 0.0927. The van der Waals surface area contributed by atoms with E-state index in [4.69, 9.17) is 4.74 Å². The molecule has 0 saturated carbocycles. The third kappa shape index (κ3) is 4.07. The first-order chi connectivity index (χ1) is 8.04. The smallest absolute Gasteiger partial charge is 0.255 e. The summed E-state index contributed by atoms with van der Waals surface area (Å²) in [6, 6.07) is 4.99. The van der Waals surface area contributed by atoms with E-state index in [1.807, 2.05) is 13.8 Å². The Hall–Kier alpha value is -1.55. The minimum atomic E-state index is -0.255. The highest BCUT2D eigenvalue weighted by atomic mass is 16.5. The van der Waals surface area contributed by atoms with Crippen molar-refractivity contribution in [3.8, 4) is 5.75 Å². The summed E-state index contributed by atoms with van der Waals surface area (Å²) in [5, 5.41) is 12.4. The number of aromatic hydroxyl groups is 1. The Morgan fingerprint density at radius 2 is 2.24 bits per heavy atom. The van der Waals surface area contributed by atoms with Gasteiger partial charge in [0.05, 0.1) is 5.56 Å². The number of phenols is 1. The molecule has 1 atom stereocenters. The molecule has 1 aromatic carbocycles. The van der Waals surface area contributed by atoms with Crippen LogP contribution in [0.5, 0.6) is 5.75 Å². The van der Waals surface area contributed by atoms with Crippen LogP contribution in [-0.4, -0.2) is 30.8 Å². The normalized spacial score (nSPS) is 12.2. The third-order valence-corrected chi connectivity index (χ3v) is 2.53. The average molecular weight is 237 g/mol. The summed E-state index contributed by atoms with van der Waals surface area (Å²) in [4.78, 5) is 11.9. The molecule has 1 amide bonds. The van der Waals surface area contributed by atoms with Crippen molar-refractivity contribution in [3.63, 3.8) is 0 Å². The molecule has 0 saturated heterocycles. The number of amides is 1. The highest BCUT2D eigenvalue weighted by Crippen LogP contribution is 2.18. The van der Waals surface area contributed by atoms with E-state index < -0.39 is 0 Å². The van der Waals surface area contributed by atoms with Crippen LogP contribution in [0, 0.1) is 6.92 Å². The number of ether oxygens (including phenoxy) is 1. The van der Waals surface area contributed by atoms with Crippen LogP contribution in [0.2, 0.25) is 0 Å². The molecule has 1 rings (SSSR count). The van der Waals surface area contributed by atoms with Crippen LogP contribution in [0.4, 0.5) is 0 Å². The molecule has 17 heavy (non-hydrogen) atoms. The van der Waals surface area contributed by atoms with Crippen LogP contribution < -0.4 is 5.32 Å². The summed E-state index contributed by atoms with van der Waals surface area (Å²) in [7, 11) is 1.63. The van der Waals surface area contributed by atoms with E-state index in [1.54, 1.807) is 19.2 Å². The zero-order valence-electron chi connectivity index (χ0n) is 10.5. The number of nitrogens with one attached hydrogen (secondary N) is 1. The summed E-state index contributed by atoms with van der Waals surface area (Å²) in [5.41, 5.74) is 1.26. The van der Waals surface area contributed by atoms with Crippen LogP contribution in [0.3, 0.4) is 0 Å². The molecular formula is C13H19NO3. The lowest BCUT2D eigenvalue weighted by Gasteiger charge is -2.14. The molecule has 94 valence electrons. The van der Waals surface area contributed by atoms with Gasteiger partial charge in [-0.2, -0.15) is 0 Å². The van der Waals surface area contributed by atoms with Gasteiger partial charge in [0, 0.05) is 19.8 Å². The van der Waals surface area contributed by atoms with Crippen molar-refractivity contribution < 1.29 is 14.6 Å². The third-order valence-electron chi connectivity index (χ3n) is 2.53. The Morgan fingerprint density at radius 1 is 1.53 bits per heavy atom. The largest absolute Gasteiger partial charge is 0.507 e. The zero-order valence-corrected chi connectivity index (χ0v) is 10.5. The van der Waals surface area contributed by atoms with E-state index in [-0.39, 0.29) is 17.7 Å². The van der Waals surface area contributed by atoms with E-state index in [0.717, 1.165) is 12.0 Å². The van der Waals surface area contributed by atoms with Crippen LogP contribution >= 0.6 is 0 Å². The molecule has 0 heterocycles. The fourth-order valence-corrected chi connectivity index (χ4v) is 1.50. The van der Waals surface area contributed by atoms with Gasteiger partial charge in [-0.25, -0.2) is 0 Å². The maximum Gasteiger partial charge on any atom is 0.255 e. The van der Waals surface area contributed by atoms with Gasteiger partial charge < -0.3 is 15.2 Å². The second-order valence-corrected chi connectivity index (χ2v) is 4.18. The molecule has 0 aliphatic carbocycles. The highest BCUT2D eigenvalue weighted by molar-refractivity contribution is 5.97. The summed E-state index contributed by atoms with van der Waals surface area (Å²) < 4.78 is 4.94. The van der Waals surface area contributed by atoms with Crippen molar-refractivity contribution in [3.05, 3.63) is 29.3 Å². The second-order valence-electron chi connectivity index (χ2n) is 4.18. The number of hydrogen-bond donors (Lipinski definition) is 2. The SMILES string of the molecule is COCCC(C)NC(=O)c1cc(C)ccc1O. The summed E-state index contributed by atoms with van der Waals surface area (Å²) in [6.07, 6.45) is 0.745. The van der Waals surface area contributed by atoms with E-state index >= 15 is 0 Å². The average Bonchev–Trinajstić information content (AvgIpc) is 2.29. The fourth-order valence-electron chi connectivity index (χ4n) is 1.50. The molecule has 0 aliphatic rings. The Kier molecular flexibility index (Phi) is 4.97. The van der Waals surface area contributed by atoms with Gasteiger partial charge >= 0.3 is 0 Å². The van der Waals surface area contributed by atoms with Gasteiger partial charge in [-0.3, -0.25) is 4.79 Å². The highest BCUT2D eigenvalue weighted by Gasteiger charge is 2.13. The van der Waals surface area contributed by atoms with Crippen LogP contribution in [0.25, 0.3) is 0 Å². The minimum Gasteiger partial charge on any atom is -0.507 e. The number of carbonyl (C=O) groups is 1. The molecule has 0 aromatic heterocycles. The quantitative estimate of drug-likeness (QED) is 0.821. The van der Waals surface area contributed by atoms with E-state index in [2.05, 4.69) is 5.32 Å². The van der Waals surface area contributed by atoms with Gasteiger partial charge in [0.25, 0.3) is 5.91 Å². The van der Waals surface area contributed by atoms with Crippen molar-refractivity contribution in [2.24, 2.45) is 0 Å². The predicted molar refractivity (Wildman–Crippen MR) is 66.3 cm³/mol. The molecular weight excluding hydrogens is 218 g/mol. The molecule has 0 spiro atoms. The number of benzene rings is 1. The Morgan fingerprint density at radius 3 is 2.88 bits per heavy atom. The topological polar surface area (TPSA) is 58.6 Å². The van der Waals surface area contributed by atoms with E-state index in [1.165, 1.54) is 6.07 Å². The van der Waals surface area contributed by atoms with Gasteiger partial charge in [0.1, 0.15) is 5.75 Å². The number of aryl methyl sites for hydroxylation is 1. The second kappa shape index (κ2) is 6.25. The Balaban J connectivity index is 2.66. The molecule has 1 aromatic rings. The van der Waals surface area contributed by atoms with Crippen LogP contribution in [-0.2, 0) is 4.74 Å². The molecule has 0 bridgehead atoms. The van der Waals surface area contributed by atoms with Crippen molar-refractivity contribution >= 4 is 5.91 Å². The van der Waals surface area contributed by atoms with E-state index in [0.29, 0.717) is 12.2 Å². The zero-order chi connectivity index (χ0) is 12.8. The summed E-state index contributed by atoms with van der Waals surface area (Å²) in [5.74, 6) is -0.248. The van der Waals surface area contributed by atoms with E-state index in [9.17, 15) is 9.90 Å². The van der Waals surface area contributed by atoms with Gasteiger partial charge in [-0.05, 0) is 32.4 Å². The molecule has 0 radical (unpaired) electrons. The summed E-state index contributed by atoms with van der Waals surface area (Å²) >= 11 is 0. The molecule has 0 fully saturated rings. The predicted octanol–water partition coefficient (Wildman–Crippen LogP) is 1.86. The fraction of sp³-hybridized carbons (Fsp3) is 0.462. The number of rotatable bonds is 5. The van der Waals surface area contributed by atoms with Crippen LogP contribution in [0.15, 0.2) is 18.2 Å². The van der Waals surface area contributed by atoms with Crippen LogP contribution in [0.1, 0.15) is 29.3 Å². The lowest BCUT2D eigenvalue weighted by atomic mass is 10.1. The summed E-state index contributed by atoms with van der Waals surface area (Å²) in [6.45, 7) is 4.38. The van der Waals surface area contributed by atoms with Crippen molar-refractivity contribution in [1.82, 2.24) is 5.32 Å². The van der Waals surface area contributed by atoms with Gasteiger partial charge in [0.15, 0.2) is 0 Å². The molecule has 2 N–H and O–H groups in total. The van der Waals surface area contributed by atoms with Crippen molar-refractivity contribution in [2.45, 2.75) is 26.3 Å². The monoisotopic (exact) mass is 237 g/mol. The Labute approximate surface area is 102 Å². The molecule has 4 nitrogen and oxygen atoms in total. The molecule has 1 unspecified atom stereocenters. The maximum atomic E-state index is 11.9. The molecule has 0 aliphatic heterocycles. The number of methoxy groups -OCH3 is 1. The minimum absolute atomic E-state index is 0.00652. The van der Waals surface area contributed by atoms with Gasteiger partial charge in [-0.15, -0.1) is 0 Å². The number of phenolic OH excluding ortho intramolecular Hbond substituents is 1. The molecule has 4 heteroatoms. The lowest BCUT2D eigenvalue weighted by Crippen LogP contribution is -2.33. The van der Waals surface area contributed by atoms with Crippen molar-refractivity contribution in [1.29, 1.82) is 0 Å². The van der Waals surface area contributed by atoms with Gasteiger partial charge in [-0.1, -0.05) is 11.6 Å². The Bertz CT molecular complexity index is 390. The standard InChI is InChI=1S/C13H19NO3/c1-9-4-5-12(15)11(8-9)13(16)14-10(2)6-7-17-3/h4-5,8,10,15H,6-7H2,1-3H3,(H,14,16). The first-order valence-corrected chi connectivity index (χ1v) is 5.64. The maximum absolute atomic E-state index is 11.9. The van der Waals surface area contributed by atoms with Gasteiger partial charge in [0.2, 0.25) is 0 Å². The number of hydrogen-bond acceptors (Lipinski definition) is 3. The van der Waals surface area contributed by atoms with Crippen molar-refractivity contribution in [2.75, 3.05) is 13.7 Å². The first kappa shape index (κ1) is 13.5.